The highest BCUT2D eigenvalue weighted by Gasteiger charge is 2.26. The third-order valence-electron chi connectivity index (χ3n) is 6.07. The summed E-state index contributed by atoms with van der Waals surface area (Å²) in [5.41, 5.74) is -0.236. The van der Waals surface area contributed by atoms with Gasteiger partial charge in [0.1, 0.15) is 22.9 Å². The summed E-state index contributed by atoms with van der Waals surface area (Å²) in [6.07, 6.45) is 7.74. The predicted octanol–water partition coefficient (Wildman–Crippen LogP) is 7.47. The summed E-state index contributed by atoms with van der Waals surface area (Å²) < 4.78 is 61.7. The molecule has 0 aromatic heterocycles. The number of hydrogen-bond donors (Lipinski definition) is 0. The van der Waals surface area contributed by atoms with Gasteiger partial charge in [0.15, 0.2) is 11.6 Å². The van der Waals surface area contributed by atoms with Crippen molar-refractivity contribution in [3.05, 3.63) is 89.0 Å². The van der Waals surface area contributed by atoms with Crippen LogP contribution in [0.3, 0.4) is 0 Å². The molecule has 6 heteroatoms. The van der Waals surface area contributed by atoms with E-state index in [1.54, 1.807) is 0 Å². The molecule has 2 nitrogen and oxygen atoms in total. The summed E-state index contributed by atoms with van der Waals surface area (Å²) >= 11 is 0. The Labute approximate surface area is 183 Å². The first-order valence-corrected chi connectivity index (χ1v) is 10.6. The van der Waals surface area contributed by atoms with E-state index in [1.807, 2.05) is 13.0 Å². The molecule has 0 bridgehead atoms. The molecule has 1 fully saturated rings. The smallest absolute Gasteiger partial charge is 0.349 e. The van der Waals surface area contributed by atoms with Gasteiger partial charge in [0.25, 0.3) is 0 Å². The Morgan fingerprint density at radius 1 is 0.906 bits per heavy atom. The van der Waals surface area contributed by atoms with E-state index in [9.17, 15) is 22.4 Å². The van der Waals surface area contributed by atoms with E-state index in [1.165, 1.54) is 36.4 Å². The van der Waals surface area contributed by atoms with Crippen molar-refractivity contribution in [2.24, 2.45) is 5.92 Å². The van der Waals surface area contributed by atoms with Crippen LogP contribution in [-0.4, -0.2) is 5.97 Å². The Kier molecular flexibility index (Phi) is 6.31. The molecule has 1 aliphatic carbocycles. The Morgan fingerprint density at radius 2 is 1.59 bits per heavy atom. The van der Waals surface area contributed by atoms with E-state index in [4.69, 9.17) is 4.74 Å². The van der Waals surface area contributed by atoms with Crippen molar-refractivity contribution in [1.82, 2.24) is 0 Å². The molecule has 1 aliphatic rings. The molecule has 0 heterocycles. The number of allylic oxidation sites excluding steroid dienone is 2. The van der Waals surface area contributed by atoms with Crippen molar-refractivity contribution in [3.63, 3.8) is 0 Å². The molecule has 1 saturated carbocycles. The Hall–Kier alpha value is -3.15. The van der Waals surface area contributed by atoms with Crippen molar-refractivity contribution in [2.75, 3.05) is 0 Å². The first-order valence-electron chi connectivity index (χ1n) is 10.6. The van der Waals surface area contributed by atoms with Gasteiger partial charge in [-0.15, -0.1) is 0 Å². The topological polar surface area (TPSA) is 26.3 Å². The summed E-state index contributed by atoms with van der Waals surface area (Å²) in [6, 6.07) is 8.49. The molecular weight excluding hydrogens is 420 g/mol. The monoisotopic (exact) mass is 442 g/mol. The van der Waals surface area contributed by atoms with E-state index in [0.29, 0.717) is 16.9 Å². The predicted molar refractivity (Wildman–Crippen MR) is 115 cm³/mol. The zero-order valence-electron chi connectivity index (χ0n) is 17.5. The fourth-order valence-electron chi connectivity index (χ4n) is 4.41. The minimum atomic E-state index is -1.19. The van der Waals surface area contributed by atoms with Crippen LogP contribution in [-0.2, 0) is 0 Å². The first-order chi connectivity index (χ1) is 15.4. The van der Waals surface area contributed by atoms with Crippen molar-refractivity contribution >= 4 is 16.7 Å². The van der Waals surface area contributed by atoms with E-state index in [0.717, 1.165) is 31.7 Å². The van der Waals surface area contributed by atoms with Gasteiger partial charge in [-0.05, 0) is 91.8 Å². The van der Waals surface area contributed by atoms with Gasteiger partial charge in [0, 0.05) is 5.39 Å². The highest BCUT2D eigenvalue weighted by atomic mass is 19.2. The number of ether oxygens (including phenoxy) is 1. The van der Waals surface area contributed by atoms with Crippen molar-refractivity contribution in [2.45, 2.75) is 38.5 Å². The number of hydrogen-bond acceptors (Lipinski definition) is 2. The van der Waals surface area contributed by atoms with Gasteiger partial charge >= 0.3 is 5.97 Å². The van der Waals surface area contributed by atoms with E-state index < -0.39 is 34.8 Å². The lowest BCUT2D eigenvalue weighted by Crippen LogP contribution is -2.16. The average Bonchev–Trinajstić information content (AvgIpc) is 2.76. The van der Waals surface area contributed by atoms with Crippen molar-refractivity contribution in [3.8, 4) is 5.75 Å². The van der Waals surface area contributed by atoms with Crippen LogP contribution in [0.25, 0.3) is 10.8 Å². The first kappa shape index (κ1) is 22.1. The molecule has 166 valence electrons. The fourth-order valence-corrected chi connectivity index (χ4v) is 4.41. The van der Waals surface area contributed by atoms with Gasteiger partial charge in [0.2, 0.25) is 0 Å². The molecular formula is C26H22F4O2. The summed E-state index contributed by atoms with van der Waals surface area (Å²) in [6.45, 7) is 1.98. The van der Waals surface area contributed by atoms with Crippen LogP contribution in [0.1, 0.15) is 54.4 Å². The number of benzene rings is 3. The molecule has 0 radical (unpaired) electrons. The maximum absolute atomic E-state index is 14.7. The zero-order chi connectivity index (χ0) is 22.8. The molecule has 0 spiro atoms. The number of fused-ring (bicyclic) bond motifs is 1. The van der Waals surface area contributed by atoms with Crippen LogP contribution in [0.2, 0.25) is 0 Å². The Morgan fingerprint density at radius 3 is 2.25 bits per heavy atom. The van der Waals surface area contributed by atoms with Crippen LogP contribution in [0, 0.1) is 29.2 Å². The van der Waals surface area contributed by atoms with Crippen LogP contribution in [0.4, 0.5) is 17.6 Å². The standard InChI is InChI=1S/C26H22F4O2/c1-2-3-15-4-6-16(7-5-15)18-13-22(28)24(23(29)14-18)26(31)32-19-9-10-20-17(12-19)8-11-21(27)25(20)30/h2-3,8-16H,4-7H2,1H3/b3-2+. The highest BCUT2D eigenvalue weighted by Crippen LogP contribution is 2.37. The van der Waals surface area contributed by atoms with Gasteiger partial charge in [-0.25, -0.2) is 22.4 Å². The van der Waals surface area contributed by atoms with Crippen molar-refractivity contribution < 1.29 is 27.1 Å². The molecule has 4 rings (SSSR count). The lowest BCUT2D eigenvalue weighted by atomic mass is 9.78. The summed E-state index contributed by atoms with van der Waals surface area (Å²) in [5.74, 6) is -4.66. The fraction of sp³-hybridized carbons (Fsp3) is 0.269. The molecule has 0 aliphatic heterocycles. The molecule has 0 saturated heterocycles. The molecule has 0 atom stereocenters. The third-order valence-corrected chi connectivity index (χ3v) is 6.07. The number of carbonyl (C=O) groups excluding carboxylic acids is 1. The van der Waals surface area contributed by atoms with E-state index >= 15 is 0 Å². The molecule has 0 N–H and O–H groups in total. The van der Waals surface area contributed by atoms with Gasteiger partial charge in [-0.2, -0.15) is 0 Å². The zero-order valence-corrected chi connectivity index (χ0v) is 17.5. The number of rotatable bonds is 4. The second-order valence-corrected chi connectivity index (χ2v) is 8.13. The normalized spacial score (nSPS) is 18.9. The molecule has 3 aromatic rings. The minimum absolute atomic E-state index is 0.00987. The lowest BCUT2D eigenvalue weighted by molar-refractivity contribution is 0.0724. The molecule has 32 heavy (non-hydrogen) atoms. The Bertz CT molecular complexity index is 1170. The Balaban J connectivity index is 1.53. The number of halogens is 4. The van der Waals surface area contributed by atoms with Gasteiger partial charge in [-0.3, -0.25) is 0 Å². The van der Waals surface area contributed by atoms with Crippen molar-refractivity contribution in [1.29, 1.82) is 0 Å². The highest BCUT2D eigenvalue weighted by molar-refractivity contribution is 5.93. The minimum Gasteiger partial charge on any atom is -0.423 e. The maximum Gasteiger partial charge on any atom is 0.349 e. The van der Waals surface area contributed by atoms with Crippen LogP contribution >= 0.6 is 0 Å². The molecule has 0 amide bonds. The number of carbonyl (C=O) groups is 1. The second kappa shape index (κ2) is 9.15. The van der Waals surface area contributed by atoms with Gasteiger partial charge in [-0.1, -0.05) is 18.2 Å². The summed E-state index contributed by atoms with van der Waals surface area (Å²) in [7, 11) is 0. The van der Waals surface area contributed by atoms with Gasteiger partial charge in [0.05, 0.1) is 0 Å². The van der Waals surface area contributed by atoms with Crippen LogP contribution in [0.15, 0.2) is 54.6 Å². The third kappa shape index (κ3) is 4.40. The molecule has 0 unspecified atom stereocenters. The largest absolute Gasteiger partial charge is 0.423 e. The second-order valence-electron chi connectivity index (χ2n) is 8.13. The van der Waals surface area contributed by atoms with Gasteiger partial charge < -0.3 is 4.74 Å². The SMILES string of the molecule is C/C=C/C1CCC(c2cc(F)c(C(=O)Oc3ccc4c(F)c(F)ccc4c3)c(F)c2)CC1. The quantitative estimate of drug-likeness (QED) is 0.181. The van der Waals surface area contributed by atoms with Crippen LogP contribution in [0.5, 0.6) is 5.75 Å². The van der Waals surface area contributed by atoms with E-state index in [2.05, 4.69) is 6.08 Å². The summed E-state index contributed by atoms with van der Waals surface area (Å²) in [4.78, 5) is 12.5. The number of esters is 1. The maximum atomic E-state index is 14.7. The lowest BCUT2D eigenvalue weighted by Gasteiger charge is -2.27. The average molecular weight is 442 g/mol. The summed E-state index contributed by atoms with van der Waals surface area (Å²) in [5, 5.41) is 0.301. The van der Waals surface area contributed by atoms with Crippen LogP contribution < -0.4 is 4.74 Å². The van der Waals surface area contributed by atoms with E-state index in [-0.39, 0.29) is 17.1 Å². The molecule has 3 aromatic carbocycles.